The number of hydrogen-bond donors (Lipinski definition) is 2. The third kappa shape index (κ3) is 3.84. The number of carbonyl (C=O) groups excluding carboxylic acids is 1. The van der Waals surface area contributed by atoms with Crippen molar-refractivity contribution in [2.45, 2.75) is 0 Å². The largest absolute Gasteiger partial charge is 0.478 e. The second-order valence-corrected chi connectivity index (χ2v) is 6.35. The van der Waals surface area contributed by atoms with E-state index in [9.17, 15) is 9.59 Å². The van der Waals surface area contributed by atoms with Crippen molar-refractivity contribution in [1.29, 1.82) is 0 Å². The molecule has 0 aliphatic carbocycles. The molecule has 0 spiro atoms. The quantitative estimate of drug-likeness (QED) is 0.815. The van der Waals surface area contributed by atoms with Gasteiger partial charge in [0.1, 0.15) is 0 Å². The van der Waals surface area contributed by atoms with Crippen LogP contribution in [0.15, 0.2) is 58.4 Å². The Morgan fingerprint density at radius 2 is 1.79 bits per heavy atom. The maximum Gasteiger partial charge on any atom is 0.335 e. The van der Waals surface area contributed by atoms with Crippen LogP contribution >= 0.6 is 23.4 Å². The lowest BCUT2D eigenvalue weighted by atomic mass is 10.2. The first kappa shape index (κ1) is 16.3. The van der Waals surface area contributed by atoms with E-state index in [0.29, 0.717) is 20.8 Å². The lowest BCUT2D eigenvalue weighted by Gasteiger charge is -1.97. The van der Waals surface area contributed by atoms with Gasteiger partial charge in [0, 0.05) is 5.02 Å². The fourth-order valence-corrected chi connectivity index (χ4v) is 2.95. The maximum absolute atomic E-state index is 12.0. The van der Waals surface area contributed by atoms with E-state index >= 15 is 0 Å². The minimum Gasteiger partial charge on any atom is -0.478 e. The molecule has 5 nitrogen and oxygen atoms in total. The summed E-state index contributed by atoms with van der Waals surface area (Å²) in [4.78, 5) is 27.7. The van der Waals surface area contributed by atoms with E-state index in [2.05, 4.69) is 10.3 Å². The van der Waals surface area contributed by atoms with Gasteiger partial charge < -0.3 is 10.4 Å². The van der Waals surface area contributed by atoms with Gasteiger partial charge in [0.05, 0.1) is 16.2 Å². The Morgan fingerprint density at radius 1 is 1.12 bits per heavy atom. The van der Waals surface area contributed by atoms with Crippen molar-refractivity contribution in [2.75, 3.05) is 0 Å². The Labute approximate surface area is 147 Å². The van der Waals surface area contributed by atoms with E-state index in [1.807, 2.05) is 12.1 Å². The maximum atomic E-state index is 12.0. The van der Waals surface area contributed by atoms with Crippen molar-refractivity contribution in [3.63, 3.8) is 0 Å². The monoisotopic (exact) mass is 358 g/mol. The standard InChI is InChI=1S/C17H11ClN2O3S/c18-12-5-1-10(2-6-12)9-14-15(21)20-17(24-14)19-13-7-3-11(4-8-13)16(22)23/h1-9H,(H,22,23)(H,19,20,21)/b14-9-. The second-order valence-electron chi connectivity index (χ2n) is 4.89. The summed E-state index contributed by atoms with van der Waals surface area (Å²) in [5, 5.41) is 12.6. The first-order valence-corrected chi connectivity index (χ1v) is 8.09. The second kappa shape index (κ2) is 6.90. The van der Waals surface area contributed by atoms with Gasteiger partial charge in [-0.1, -0.05) is 23.7 Å². The smallest absolute Gasteiger partial charge is 0.335 e. The molecule has 2 aromatic rings. The van der Waals surface area contributed by atoms with Crippen LogP contribution in [0.5, 0.6) is 0 Å². The molecule has 0 unspecified atom stereocenters. The van der Waals surface area contributed by atoms with Gasteiger partial charge in [-0.25, -0.2) is 9.79 Å². The fraction of sp³-hybridized carbons (Fsp3) is 0. The summed E-state index contributed by atoms with van der Waals surface area (Å²) in [6.45, 7) is 0. The topological polar surface area (TPSA) is 78.8 Å². The van der Waals surface area contributed by atoms with Crippen LogP contribution in [0.4, 0.5) is 5.69 Å². The van der Waals surface area contributed by atoms with E-state index in [-0.39, 0.29) is 11.5 Å². The van der Waals surface area contributed by atoms with Crippen LogP contribution < -0.4 is 5.32 Å². The fourth-order valence-electron chi connectivity index (χ4n) is 1.99. The molecule has 2 aromatic carbocycles. The summed E-state index contributed by atoms with van der Waals surface area (Å²) < 4.78 is 0. The van der Waals surface area contributed by atoms with E-state index in [1.165, 1.54) is 23.9 Å². The number of carboxylic acid groups (broad SMARTS) is 1. The zero-order valence-corrected chi connectivity index (χ0v) is 13.8. The molecule has 120 valence electrons. The van der Waals surface area contributed by atoms with Crippen LogP contribution in [0, 0.1) is 0 Å². The average molecular weight is 359 g/mol. The number of halogens is 1. The van der Waals surface area contributed by atoms with Gasteiger partial charge in [-0.15, -0.1) is 0 Å². The highest BCUT2D eigenvalue weighted by atomic mass is 35.5. The molecule has 0 saturated carbocycles. The molecule has 1 amide bonds. The number of thioether (sulfide) groups is 1. The molecule has 1 aliphatic rings. The normalized spacial score (nSPS) is 17.3. The number of amides is 1. The summed E-state index contributed by atoms with van der Waals surface area (Å²) in [6.07, 6.45) is 1.76. The van der Waals surface area contributed by atoms with Crippen LogP contribution in [-0.2, 0) is 4.79 Å². The molecule has 1 heterocycles. The number of nitrogens with one attached hydrogen (secondary N) is 1. The molecule has 2 N–H and O–H groups in total. The molecule has 3 rings (SSSR count). The third-order valence-electron chi connectivity index (χ3n) is 3.16. The van der Waals surface area contributed by atoms with Crippen molar-refractivity contribution >= 4 is 52.2 Å². The minimum absolute atomic E-state index is 0.186. The van der Waals surface area contributed by atoms with E-state index in [1.54, 1.807) is 30.3 Å². The first-order chi connectivity index (χ1) is 11.5. The number of amidine groups is 1. The number of carbonyl (C=O) groups is 2. The number of hydrogen-bond acceptors (Lipinski definition) is 4. The lowest BCUT2D eigenvalue weighted by Crippen LogP contribution is -2.19. The lowest BCUT2D eigenvalue weighted by molar-refractivity contribution is -0.115. The summed E-state index contributed by atoms with van der Waals surface area (Å²) in [7, 11) is 0. The summed E-state index contributed by atoms with van der Waals surface area (Å²) in [5.74, 6) is -1.22. The van der Waals surface area contributed by atoms with E-state index < -0.39 is 5.97 Å². The van der Waals surface area contributed by atoms with Crippen molar-refractivity contribution in [3.05, 3.63) is 69.6 Å². The molecule has 1 saturated heterocycles. The Kier molecular flexibility index (Phi) is 4.69. The summed E-state index contributed by atoms with van der Waals surface area (Å²) in [6, 6.07) is 13.3. The van der Waals surface area contributed by atoms with Gasteiger partial charge in [0.15, 0.2) is 5.17 Å². The highest BCUT2D eigenvalue weighted by Gasteiger charge is 2.23. The number of aliphatic imine (C=N–C) groups is 1. The Balaban J connectivity index is 1.78. The van der Waals surface area contributed by atoms with Gasteiger partial charge in [0.25, 0.3) is 5.91 Å². The van der Waals surface area contributed by atoms with Crippen molar-refractivity contribution in [2.24, 2.45) is 4.99 Å². The molecular formula is C17H11ClN2O3S. The van der Waals surface area contributed by atoms with Gasteiger partial charge in [-0.05, 0) is 59.8 Å². The van der Waals surface area contributed by atoms with Gasteiger partial charge >= 0.3 is 5.97 Å². The van der Waals surface area contributed by atoms with Gasteiger partial charge in [-0.2, -0.15) is 0 Å². The molecule has 1 aliphatic heterocycles. The zero-order valence-electron chi connectivity index (χ0n) is 12.2. The zero-order chi connectivity index (χ0) is 17.1. The highest BCUT2D eigenvalue weighted by molar-refractivity contribution is 8.18. The predicted octanol–water partition coefficient (Wildman–Crippen LogP) is 3.93. The molecule has 0 radical (unpaired) electrons. The number of benzene rings is 2. The Bertz CT molecular complexity index is 858. The number of nitrogens with zero attached hydrogens (tertiary/aromatic N) is 1. The molecule has 24 heavy (non-hydrogen) atoms. The number of carboxylic acids is 1. The summed E-state index contributed by atoms with van der Waals surface area (Å²) >= 11 is 7.06. The van der Waals surface area contributed by atoms with Crippen LogP contribution in [0.1, 0.15) is 15.9 Å². The molecule has 1 fully saturated rings. The van der Waals surface area contributed by atoms with Gasteiger partial charge in [0.2, 0.25) is 0 Å². The molecule has 7 heteroatoms. The van der Waals surface area contributed by atoms with E-state index in [4.69, 9.17) is 16.7 Å². The SMILES string of the molecule is O=C1NC(=Nc2ccc(C(=O)O)cc2)S/C1=C\c1ccc(Cl)cc1. The number of aromatic carboxylic acids is 1. The predicted molar refractivity (Wildman–Crippen MR) is 95.7 cm³/mol. The van der Waals surface area contributed by atoms with Crippen molar-refractivity contribution in [3.8, 4) is 0 Å². The minimum atomic E-state index is -0.995. The molecular weight excluding hydrogens is 348 g/mol. The molecule has 0 bridgehead atoms. The van der Waals surface area contributed by atoms with E-state index in [0.717, 1.165) is 5.56 Å². The number of rotatable bonds is 3. The van der Waals surface area contributed by atoms with Crippen LogP contribution in [0.2, 0.25) is 5.02 Å². The van der Waals surface area contributed by atoms with Crippen LogP contribution in [0.25, 0.3) is 6.08 Å². The average Bonchev–Trinajstić information content (AvgIpc) is 2.89. The highest BCUT2D eigenvalue weighted by Crippen LogP contribution is 2.28. The Hall–Kier alpha value is -2.57. The van der Waals surface area contributed by atoms with Crippen molar-refractivity contribution < 1.29 is 14.7 Å². The van der Waals surface area contributed by atoms with Crippen LogP contribution in [0.3, 0.4) is 0 Å². The molecule has 0 atom stereocenters. The summed E-state index contributed by atoms with van der Waals surface area (Å²) in [5.41, 5.74) is 1.62. The van der Waals surface area contributed by atoms with Gasteiger partial charge in [-0.3, -0.25) is 4.79 Å². The first-order valence-electron chi connectivity index (χ1n) is 6.90. The molecule has 0 aromatic heterocycles. The Morgan fingerprint density at radius 3 is 2.42 bits per heavy atom. The van der Waals surface area contributed by atoms with Crippen molar-refractivity contribution in [1.82, 2.24) is 5.32 Å². The van der Waals surface area contributed by atoms with Crippen LogP contribution in [-0.4, -0.2) is 22.2 Å². The third-order valence-corrected chi connectivity index (χ3v) is 4.33.